The molecule has 0 atom stereocenters. The molecule has 0 bridgehead atoms. The molecule has 3 heteroatoms. The summed E-state index contributed by atoms with van der Waals surface area (Å²) in [4.78, 5) is 0. The fraction of sp³-hybridized carbons (Fsp3) is 0. The van der Waals surface area contributed by atoms with Gasteiger partial charge in [0.1, 0.15) is 0 Å². The Morgan fingerprint density at radius 3 is 1.84 bits per heavy atom. The molecule has 0 saturated carbocycles. The highest BCUT2D eigenvalue weighted by Crippen LogP contribution is 2.47. The summed E-state index contributed by atoms with van der Waals surface area (Å²) in [7, 11) is 0. The molecule has 0 N–H and O–H groups in total. The van der Waals surface area contributed by atoms with E-state index in [0.29, 0.717) is 0 Å². The third-order valence-corrected chi connectivity index (χ3v) is 11.5. The van der Waals surface area contributed by atoms with Crippen LogP contribution in [0.5, 0.6) is 0 Å². The Hall–Kier alpha value is -6.16. The molecule has 3 aromatic heterocycles. The zero-order chi connectivity index (χ0) is 32.1. The summed E-state index contributed by atoms with van der Waals surface area (Å²) < 4.78 is 7.60. The van der Waals surface area contributed by atoms with Crippen LogP contribution in [0.1, 0.15) is 0 Å². The van der Waals surface area contributed by atoms with Gasteiger partial charge in [-0.25, -0.2) is 0 Å². The van der Waals surface area contributed by atoms with E-state index >= 15 is 0 Å². The van der Waals surface area contributed by atoms with Crippen LogP contribution in [0.2, 0.25) is 0 Å². The summed E-state index contributed by atoms with van der Waals surface area (Å²) in [6, 6.07) is 62.2. The number of hydrogen-bond donors (Lipinski definition) is 0. The summed E-state index contributed by atoms with van der Waals surface area (Å²) >= 11 is 1.92. The largest absolute Gasteiger partial charge is 0.308 e. The van der Waals surface area contributed by atoms with Crippen LogP contribution < -0.4 is 0 Å². The van der Waals surface area contributed by atoms with Gasteiger partial charge in [0.2, 0.25) is 0 Å². The van der Waals surface area contributed by atoms with Crippen LogP contribution in [0.15, 0.2) is 170 Å². The van der Waals surface area contributed by atoms with E-state index in [1.54, 1.807) is 0 Å². The first-order valence-electron chi connectivity index (χ1n) is 16.8. The molecule has 11 aromatic rings. The van der Waals surface area contributed by atoms with Gasteiger partial charge in [0, 0.05) is 32.9 Å². The van der Waals surface area contributed by atoms with Gasteiger partial charge in [-0.1, -0.05) is 127 Å². The van der Waals surface area contributed by atoms with Crippen LogP contribution in [0.3, 0.4) is 0 Å². The summed E-state index contributed by atoms with van der Waals surface area (Å²) in [6.07, 6.45) is 0. The zero-order valence-electron chi connectivity index (χ0n) is 26.5. The molecule has 228 valence electrons. The number of rotatable bonds is 3. The van der Waals surface area contributed by atoms with Crippen molar-refractivity contribution in [2.75, 3.05) is 0 Å². The van der Waals surface area contributed by atoms with Crippen molar-refractivity contribution >= 4 is 85.9 Å². The van der Waals surface area contributed by atoms with Crippen LogP contribution in [0, 0.1) is 0 Å². The van der Waals surface area contributed by atoms with Gasteiger partial charge in [-0.05, 0) is 75.1 Å². The van der Waals surface area contributed by atoms with Crippen LogP contribution in [-0.2, 0) is 0 Å². The molecule has 0 spiro atoms. The van der Waals surface area contributed by atoms with Crippen molar-refractivity contribution in [1.82, 2.24) is 9.13 Å². The van der Waals surface area contributed by atoms with Gasteiger partial charge in [-0.2, -0.15) is 0 Å². The van der Waals surface area contributed by atoms with Crippen molar-refractivity contribution in [1.29, 1.82) is 0 Å². The molecule has 8 aromatic carbocycles. The third-order valence-electron chi connectivity index (χ3n) is 10.3. The van der Waals surface area contributed by atoms with E-state index in [-0.39, 0.29) is 0 Å². The Labute approximate surface area is 286 Å². The minimum Gasteiger partial charge on any atom is -0.308 e. The fourth-order valence-electron chi connectivity index (χ4n) is 8.11. The SMILES string of the molecule is c1ccc(-n2c3ccccc3c3sc4c(ccc5c6ccccc6n(-c6ccc7cc(-c8cccc9ccccc89)ccc7c6)c54)c32)cc1. The lowest BCUT2D eigenvalue weighted by molar-refractivity contribution is 1.19. The minimum absolute atomic E-state index is 1.18. The smallest absolute Gasteiger partial charge is 0.0728 e. The molecule has 11 rings (SSSR count). The van der Waals surface area contributed by atoms with Gasteiger partial charge in [0.15, 0.2) is 0 Å². The molecule has 2 nitrogen and oxygen atoms in total. The van der Waals surface area contributed by atoms with E-state index in [4.69, 9.17) is 0 Å². The first-order chi connectivity index (χ1) is 24.3. The minimum atomic E-state index is 1.18. The van der Waals surface area contributed by atoms with E-state index in [9.17, 15) is 0 Å². The van der Waals surface area contributed by atoms with Gasteiger partial charge in [-0.15, -0.1) is 11.3 Å². The number of para-hydroxylation sites is 3. The molecule has 0 radical (unpaired) electrons. The first kappa shape index (κ1) is 26.9. The topological polar surface area (TPSA) is 9.86 Å². The average Bonchev–Trinajstić information content (AvgIpc) is 3.82. The standard InChI is InChI=1S/C46H28N2S/c1-2-13-33(14-3-1)47-42-20-9-7-17-39(42)45-44(47)40-26-25-38-37-16-6-8-19-41(37)48(43(38)46(40)49-45)34-24-23-30-27-32(22-21-31(30)28-34)36-18-10-12-29-11-4-5-15-35(29)36/h1-28H. The summed E-state index contributed by atoms with van der Waals surface area (Å²) in [5, 5.41) is 10.2. The van der Waals surface area contributed by atoms with Crippen molar-refractivity contribution in [3.8, 4) is 22.5 Å². The molecule has 0 aliphatic rings. The van der Waals surface area contributed by atoms with Gasteiger partial charge >= 0.3 is 0 Å². The lowest BCUT2D eigenvalue weighted by Crippen LogP contribution is -1.95. The average molecular weight is 641 g/mol. The monoisotopic (exact) mass is 640 g/mol. The summed E-state index contributed by atoms with van der Waals surface area (Å²) in [5.74, 6) is 0. The van der Waals surface area contributed by atoms with E-state index in [2.05, 4.69) is 179 Å². The number of hydrogen-bond acceptors (Lipinski definition) is 1. The lowest BCUT2D eigenvalue weighted by atomic mass is 9.96. The van der Waals surface area contributed by atoms with Crippen molar-refractivity contribution < 1.29 is 0 Å². The van der Waals surface area contributed by atoms with Crippen molar-refractivity contribution in [3.63, 3.8) is 0 Å². The highest BCUT2D eigenvalue weighted by atomic mass is 32.1. The third kappa shape index (κ3) is 3.82. The van der Waals surface area contributed by atoms with E-state index in [1.165, 1.54) is 97.1 Å². The Morgan fingerprint density at radius 2 is 0.959 bits per heavy atom. The normalized spacial score (nSPS) is 12.1. The number of aromatic nitrogens is 2. The molecule has 0 unspecified atom stereocenters. The number of nitrogens with zero attached hydrogens (tertiary/aromatic N) is 2. The predicted molar refractivity (Wildman–Crippen MR) is 211 cm³/mol. The number of fused-ring (bicyclic) bond motifs is 11. The molecule has 0 aliphatic carbocycles. The van der Waals surface area contributed by atoms with Crippen molar-refractivity contribution in [3.05, 3.63) is 170 Å². The molecule has 0 amide bonds. The molecule has 0 aliphatic heterocycles. The predicted octanol–water partition coefficient (Wildman–Crippen LogP) is 13.1. The second-order valence-corrected chi connectivity index (χ2v) is 14.0. The quantitative estimate of drug-likeness (QED) is 0.182. The second-order valence-electron chi connectivity index (χ2n) is 12.9. The molecule has 49 heavy (non-hydrogen) atoms. The maximum absolute atomic E-state index is 2.50. The Kier molecular flexibility index (Phi) is 5.57. The highest BCUT2D eigenvalue weighted by Gasteiger charge is 2.22. The number of thiophene rings is 1. The van der Waals surface area contributed by atoms with E-state index in [1.807, 2.05) is 11.3 Å². The summed E-state index contributed by atoms with van der Waals surface area (Å²) in [5.41, 5.74) is 9.91. The fourth-order valence-corrected chi connectivity index (χ4v) is 9.46. The second kappa shape index (κ2) is 10.2. The van der Waals surface area contributed by atoms with Crippen molar-refractivity contribution in [2.24, 2.45) is 0 Å². The van der Waals surface area contributed by atoms with Gasteiger partial charge in [0.05, 0.1) is 31.5 Å². The van der Waals surface area contributed by atoms with Crippen LogP contribution in [0.25, 0.3) is 97.1 Å². The maximum atomic E-state index is 2.50. The molecule has 0 saturated heterocycles. The zero-order valence-corrected chi connectivity index (χ0v) is 27.3. The summed E-state index contributed by atoms with van der Waals surface area (Å²) in [6.45, 7) is 0. The van der Waals surface area contributed by atoms with Crippen LogP contribution >= 0.6 is 11.3 Å². The van der Waals surface area contributed by atoms with E-state index in [0.717, 1.165) is 0 Å². The molecule has 3 heterocycles. The van der Waals surface area contributed by atoms with Crippen LogP contribution in [0.4, 0.5) is 0 Å². The van der Waals surface area contributed by atoms with Crippen LogP contribution in [-0.4, -0.2) is 9.13 Å². The Bertz CT molecular complexity index is 3100. The van der Waals surface area contributed by atoms with E-state index < -0.39 is 0 Å². The van der Waals surface area contributed by atoms with Gasteiger partial charge in [-0.3, -0.25) is 0 Å². The number of benzene rings is 8. The highest BCUT2D eigenvalue weighted by molar-refractivity contribution is 7.27. The molecule has 0 fully saturated rings. The Morgan fingerprint density at radius 1 is 0.347 bits per heavy atom. The lowest BCUT2D eigenvalue weighted by Gasteiger charge is -2.12. The molecular weight excluding hydrogens is 613 g/mol. The Balaban J connectivity index is 1.18. The van der Waals surface area contributed by atoms with Gasteiger partial charge < -0.3 is 9.13 Å². The molecular formula is C46H28N2S. The van der Waals surface area contributed by atoms with Crippen molar-refractivity contribution in [2.45, 2.75) is 0 Å². The first-order valence-corrected chi connectivity index (χ1v) is 17.6. The maximum Gasteiger partial charge on any atom is 0.0728 e. The van der Waals surface area contributed by atoms with Gasteiger partial charge in [0.25, 0.3) is 0 Å².